The van der Waals surface area contributed by atoms with Crippen LogP contribution in [0.15, 0.2) is 24.3 Å². The molecule has 17 heavy (non-hydrogen) atoms. The molecule has 1 aromatic carbocycles. The van der Waals surface area contributed by atoms with Gasteiger partial charge in [-0.1, -0.05) is 13.3 Å². The minimum atomic E-state index is -4.20. The molecule has 2 nitrogen and oxygen atoms in total. The summed E-state index contributed by atoms with van der Waals surface area (Å²) in [6.07, 6.45) is -2.18. The van der Waals surface area contributed by atoms with E-state index < -0.39 is 12.7 Å². The number of rotatable bonds is 6. The SMILES string of the molecule is CCCCOc1ccc(NCC(F)(F)F)cc1. The summed E-state index contributed by atoms with van der Waals surface area (Å²) in [4.78, 5) is 0. The predicted molar refractivity (Wildman–Crippen MR) is 61.4 cm³/mol. The molecule has 0 saturated carbocycles. The maximum Gasteiger partial charge on any atom is 0.405 e. The molecule has 0 aliphatic heterocycles. The Labute approximate surface area is 98.8 Å². The van der Waals surface area contributed by atoms with Crippen LogP contribution in [0.4, 0.5) is 18.9 Å². The van der Waals surface area contributed by atoms with Crippen LogP contribution in [0.3, 0.4) is 0 Å². The van der Waals surface area contributed by atoms with Crippen molar-refractivity contribution < 1.29 is 17.9 Å². The second-order valence-electron chi connectivity index (χ2n) is 3.70. The molecule has 0 spiro atoms. The van der Waals surface area contributed by atoms with Crippen LogP contribution in [-0.2, 0) is 0 Å². The van der Waals surface area contributed by atoms with Crippen molar-refractivity contribution in [3.63, 3.8) is 0 Å². The van der Waals surface area contributed by atoms with Crippen molar-refractivity contribution in [1.82, 2.24) is 0 Å². The van der Waals surface area contributed by atoms with E-state index in [0.29, 0.717) is 18.0 Å². The highest BCUT2D eigenvalue weighted by Gasteiger charge is 2.26. The number of nitrogens with one attached hydrogen (secondary N) is 1. The fourth-order valence-electron chi connectivity index (χ4n) is 1.21. The molecule has 0 atom stereocenters. The lowest BCUT2D eigenvalue weighted by atomic mass is 10.3. The maximum atomic E-state index is 11.9. The van der Waals surface area contributed by atoms with Crippen molar-refractivity contribution in [2.24, 2.45) is 0 Å². The molecule has 5 heteroatoms. The molecule has 0 aromatic heterocycles. The van der Waals surface area contributed by atoms with Crippen LogP contribution in [0.1, 0.15) is 19.8 Å². The molecule has 0 aliphatic rings. The van der Waals surface area contributed by atoms with Gasteiger partial charge in [0.25, 0.3) is 0 Å². The molecule has 0 bridgehead atoms. The normalized spacial score (nSPS) is 11.3. The number of alkyl halides is 3. The monoisotopic (exact) mass is 247 g/mol. The van der Waals surface area contributed by atoms with Gasteiger partial charge in [0.15, 0.2) is 0 Å². The molecule has 0 radical (unpaired) electrons. The van der Waals surface area contributed by atoms with E-state index in [1.807, 2.05) is 0 Å². The summed E-state index contributed by atoms with van der Waals surface area (Å²) >= 11 is 0. The lowest BCUT2D eigenvalue weighted by Gasteiger charge is -2.10. The van der Waals surface area contributed by atoms with Crippen LogP contribution in [0, 0.1) is 0 Å². The number of unbranched alkanes of at least 4 members (excludes halogenated alkanes) is 1. The Balaban J connectivity index is 2.39. The Morgan fingerprint density at radius 1 is 1.18 bits per heavy atom. The number of ether oxygens (including phenoxy) is 1. The van der Waals surface area contributed by atoms with Gasteiger partial charge in [-0.2, -0.15) is 13.2 Å². The van der Waals surface area contributed by atoms with Crippen LogP contribution >= 0.6 is 0 Å². The molecule has 0 aliphatic carbocycles. The van der Waals surface area contributed by atoms with Gasteiger partial charge < -0.3 is 10.1 Å². The standard InChI is InChI=1S/C12H16F3NO/c1-2-3-8-17-11-6-4-10(5-7-11)16-9-12(13,14)15/h4-7,16H,2-3,8-9H2,1H3. The molecule has 0 unspecified atom stereocenters. The average Bonchev–Trinajstić information content (AvgIpc) is 2.27. The zero-order valence-electron chi connectivity index (χ0n) is 9.68. The van der Waals surface area contributed by atoms with E-state index in [4.69, 9.17) is 4.74 Å². The summed E-state index contributed by atoms with van der Waals surface area (Å²) in [5, 5.41) is 2.30. The van der Waals surface area contributed by atoms with Gasteiger partial charge in [-0.3, -0.25) is 0 Å². The molecule has 96 valence electrons. The van der Waals surface area contributed by atoms with Gasteiger partial charge in [0.2, 0.25) is 0 Å². The molecule has 1 rings (SSSR count). The van der Waals surface area contributed by atoms with E-state index in [1.54, 1.807) is 24.3 Å². The highest BCUT2D eigenvalue weighted by atomic mass is 19.4. The minimum absolute atomic E-state index is 0.435. The minimum Gasteiger partial charge on any atom is -0.494 e. The third-order valence-corrected chi connectivity index (χ3v) is 2.11. The van der Waals surface area contributed by atoms with Gasteiger partial charge >= 0.3 is 6.18 Å². The Morgan fingerprint density at radius 2 is 1.82 bits per heavy atom. The molecule has 0 heterocycles. The Morgan fingerprint density at radius 3 is 2.35 bits per heavy atom. The third kappa shape index (κ3) is 6.04. The number of halogens is 3. The summed E-state index contributed by atoms with van der Waals surface area (Å²) in [5.41, 5.74) is 0.435. The molecule has 0 amide bonds. The van der Waals surface area contributed by atoms with Crippen LogP contribution < -0.4 is 10.1 Å². The summed E-state index contributed by atoms with van der Waals surface area (Å²) in [5.74, 6) is 0.677. The van der Waals surface area contributed by atoms with Crippen molar-refractivity contribution in [3.05, 3.63) is 24.3 Å². The van der Waals surface area contributed by atoms with Crippen LogP contribution in [-0.4, -0.2) is 19.3 Å². The van der Waals surface area contributed by atoms with Crippen LogP contribution in [0.2, 0.25) is 0 Å². The van der Waals surface area contributed by atoms with Gasteiger partial charge in [0.1, 0.15) is 12.3 Å². The van der Waals surface area contributed by atoms with E-state index in [9.17, 15) is 13.2 Å². The van der Waals surface area contributed by atoms with Crippen LogP contribution in [0.5, 0.6) is 5.75 Å². The third-order valence-electron chi connectivity index (χ3n) is 2.11. The zero-order chi connectivity index (χ0) is 12.7. The first kappa shape index (κ1) is 13.7. The predicted octanol–water partition coefficient (Wildman–Crippen LogP) is 3.84. The lowest BCUT2D eigenvalue weighted by molar-refractivity contribution is -0.115. The Hall–Kier alpha value is -1.39. The second kappa shape index (κ2) is 6.37. The number of anilines is 1. The van der Waals surface area contributed by atoms with E-state index in [-0.39, 0.29) is 0 Å². The second-order valence-corrected chi connectivity index (χ2v) is 3.70. The van der Waals surface area contributed by atoms with E-state index in [1.165, 1.54) is 0 Å². The maximum absolute atomic E-state index is 11.9. The topological polar surface area (TPSA) is 21.3 Å². The van der Waals surface area contributed by atoms with Crippen molar-refractivity contribution in [1.29, 1.82) is 0 Å². The molecule has 0 saturated heterocycles. The molecule has 1 N–H and O–H groups in total. The van der Waals surface area contributed by atoms with Crippen molar-refractivity contribution in [2.45, 2.75) is 25.9 Å². The first-order chi connectivity index (χ1) is 8.01. The van der Waals surface area contributed by atoms with E-state index in [0.717, 1.165) is 12.8 Å². The van der Waals surface area contributed by atoms with Crippen molar-refractivity contribution >= 4 is 5.69 Å². The Bertz CT molecular complexity index is 322. The number of hydrogen-bond donors (Lipinski definition) is 1. The number of benzene rings is 1. The summed E-state index contributed by atoms with van der Waals surface area (Å²) in [7, 11) is 0. The van der Waals surface area contributed by atoms with E-state index in [2.05, 4.69) is 12.2 Å². The fraction of sp³-hybridized carbons (Fsp3) is 0.500. The quantitative estimate of drug-likeness (QED) is 0.771. The first-order valence-corrected chi connectivity index (χ1v) is 5.55. The number of hydrogen-bond acceptors (Lipinski definition) is 2. The smallest absolute Gasteiger partial charge is 0.405 e. The van der Waals surface area contributed by atoms with Gasteiger partial charge in [0.05, 0.1) is 6.61 Å². The zero-order valence-corrected chi connectivity index (χ0v) is 9.68. The molecular formula is C12H16F3NO. The lowest BCUT2D eigenvalue weighted by Crippen LogP contribution is -2.21. The molecular weight excluding hydrogens is 231 g/mol. The fourth-order valence-corrected chi connectivity index (χ4v) is 1.21. The molecule has 0 fully saturated rings. The summed E-state index contributed by atoms with van der Waals surface area (Å²) in [6, 6.07) is 6.47. The summed E-state index contributed by atoms with van der Waals surface area (Å²) < 4.78 is 41.2. The van der Waals surface area contributed by atoms with E-state index >= 15 is 0 Å². The molecule has 1 aromatic rings. The van der Waals surface area contributed by atoms with Crippen molar-refractivity contribution in [3.8, 4) is 5.75 Å². The van der Waals surface area contributed by atoms with Crippen LogP contribution in [0.25, 0.3) is 0 Å². The Kier molecular flexibility index (Phi) is 5.12. The largest absolute Gasteiger partial charge is 0.494 e. The van der Waals surface area contributed by atoms with Gasteiger partial charge in [-0.15, -0.1) is 0 Å². The van der Waals surface area contributed by atoms with Gasteiger partial charge in [-0.25, -0.2) is 0 Å². The highest BCUT2D eigenvalue weighted by molar-refractivity contribution is 5.46. The summed E-state index contributed by atoms with van der Waals surface area (Å²) in [6.45, 7) is 1.67. The van der Waals surface area contributed by atoms with Gasteiger partial charge in [0, 0.05) is 5.69 Å². The average molecular weight is 247 g/mol. The highest BCUT2D eigenvalue weighted by Crippen LogP contribution is 2.19. The van der Waals surface area contributed by atoms with Gasteiger partial charge in [-0.05, 0) is 30.7 Å². The first-order valence-electron chi connectivity index (χ1n) is 5.55. The van der Waals surface area contributed by atoms with Crippen molar-refractivity contribution in [2.75, 3.05) is 18.5 Å².